The van der Waals surface area contributed by atoms with E-state index >= 15 is 0 Å². The highest BCUT2D eigenvalue weighted by atomic mass is 16.5. The first kappa shape index (κ1) is 12.0. The molecule has 0 atom stereocenters. The summed E-state index contributed by atoms with van der Waals surface area (Å²) in [6.45, 7) is 1.64. The second-order valence-electron chi connectivity index (χ2n) is 5.61. The molecule has 0 unspecified atom stereocenters. The highest BCUT2D eigenvalue weighted by molar-refractivity contribution is 5.29. The van der Waals surface area contributed by atoms with Crippen molar-refractivity contribution in [2.75, 3.05) is 13.2 Å². The van der Waals surface area contributed by atoms with Gasteiger partial charge in [0.05, 0.1) is 13.2 Å². The number of hydrogen-bond acceptors (Lipinski definition) is 3. The predicted octanol–water partition coefficient (Wildman–Crippen LogP) is 2.28. The Balaban J connectivity index is 1.56. The Morgan fingerprint density at radius 1 is 1.17 bits per heavy atom. The number of nitrogens with two attached hydrogens (primary N) is 1. The Hall–Kier alpha value is -1.06. The fourth-order valence-electron chi connectivity index (χ4n) is 2.42. The monoisotopic (exact) mass is 247 g/mol. The van der Waals surface area contributed by atoms with E-state index in [1.807, 2.05) is 0 Å². The van der Waals surface area contributed by atoms with Crippen molar-refractivity contribution < 1.29 is 9.47 Å². The average Bonchev–Trinajstić information content (AvgIpc) is 3.11. The van der Waals surface area contributed by atoms with E-state index in [0.717, 1.165) is 51.1 Å². The van der Waals surface area contributed by atoms with E-state index in [1.54, 1.807) is 0 Å². The van der Waals surface area contributed by atoms with Crippen molar-refractivity contribution in [2.45, 2.75) is 43.7 Å². The van der Waals surface area contributed by atoms with Crippen molar-refractivity contribution >= 4 is 0 Å². The SMILES string of the molecule is NC1(Cc2ccc(OC3CCOCC3)cc2)CC1. The third kappa shape index (κ3) is 3.03. The van der Waals surface area contributed by atoms with E-state index in [9.17, 15) is 0 Å². The van der Waals surface area contributed by atoms with Gasteiger partial charge in [-0.3, -0.25) is 0 Å². The molecule has 2 N–H and O–H groups in total. The summed E-state index contributed by atoms with van der Waals surface area (Å²) in [6.07, 6.45) is 5.61. The normalized spacial score (nSPS) is 22.7. The molecule has 98 valence electrons. The summed E-state index contributed by atoms with van der Waals surface area (Å²) >= 11 is 0. The first-order valence-corrected chi connectivity index (χ1v) is 6.86. The maximum absolute atomic E-state index is 6.12. The van der Waals surface area contributed by atoms with Crippen LogP contribution in [0.25, 0.3) is 0 Å². The van der Waals surface area contributed by atoms with Gasteiger partial charge in [0.1, 0.15) is 11.9 Å². The quantitative estimate of drug-likeness (QED) is 0.887. The van der Waals surface area contributed by atoms with Crippen LogP contribution in [0.4, 0.5) is 0 Å². The first-order chi connectivity index (χ1) is 8.73. The molecule has 1 saturated heterocycles. The predicted molar refractivity (Wildman–Crippen MR) is 70.8 cm³/mol. The molecule has 3 nitrogen and oxygen atoms in total. The molecule has 1 saturated carbocycles. The second kappa shape index (κ2) is 4.90. The van der Waals surface area contributed by atoms with E-state index in [4.69, 9.17) is 15.2 Å². The molecule has 0 amide bonds. The van der Waals surface area contributed by atoms with Crippen molar-refractivity contribution in [1.82, 2.24) is 0 Å². The molecule has 1 aromatic rings. The van der Waals surface area contributed by atoms with Crippen LogP contribution in [0.3, 0.4) is 0 Å². The minimum absolute atomic E-state index is 0.0864. The van der Waals surface area contributed by atoms with Crippen LogP contribution in [0.1, 0.15) is 31.2 Å². The highest BCUT2D eigenvalue weighted by Gasteiger charge is 2.37. The third-order valence-corrected chi connectivity index (χ3v) is 3.84. The fraction of sp³-hybridized carbons (Fsp3) is 0.600. The average molecular weight is 247 g/mol. The van der Waals surface area contributed by atoms with Crippen LogP contribution in [0.15, 0.2) is 24.3 Å². The van der Waals surface area contributed by atoms with E-state index in [1.165, 1.54) is 5.56 Å². The molecule has 0 spiro atoms. The fourth-order valence-corrected chi connectivity index (χ4v) is 2.42. The lowest BCUT2D eigenvalue weighted by Gasteiger charge is -2.23. The van der Waals surface area contributed by atoms with Crippen LogP contribution in [0.2, 0.25) is 0 Å². The summed E-state index contributed by atoms with van der Waals surface area (Å²) in [6, 6.07) is 8.41. The summed E-state index contributed by atoms with van der Waals surface area (Å²) in [4.78, 5) is 0. The van der Waals surface area contributed by atoms with Crippen molar-refractivity contribution in [3.63, 3.8) is 0 Å². The molecule has 18 heavy (non-hydrogen) atoms. The van der Waals surface area contributed by atoms with Gasteiger partial charge in [-0.05, 0) is 37.0 Å². The van der Waals surface area contributed by atoms with Gasteiger partial charge in [0.25, 0.3) is 0 Å². The number of benzene rings is 1. The summed E-state index contributed by atoms with van der Waals surface area (Å²) in [5.41, 5.74) is 7.52. The van der Waals surface area contributed by atoms with Crippen LogP contribution in [-0.4, -0.2) is 24.9 Å². The molecule has 0 bridgehead atoms. The standard InChI is InChI=1S/C15H21NO2/c16-15(7-8-15)11-12-1-3-13(4-2-12)18-14-5-9-17-10-6-14/h1-4,14H,5-11,16H2. The van der Waals surface area contributed by atoms with Gasteiger partial charge < -0.3 is 15.2 Å². The van der Waals surface area contributed by atoms with Gasteiger partial charge in [-0.25, -0.2) is 0 Å². The van der Waals surface area contributed by atoms with Crippen LogP contribution in [0, 0.1) is 0 Å². The van der Waals surface area contributed by atoms with Gasteiger partial charge in [-0.2, -0.15) is 0 Å². The Morgan fingerprint density at radius 2 is 1.83 bits per heavy atom. The Kier molecular flexibility index (Phi) is 3.27. The van der Waals surface area contributed by atoms with E-state index in [-0.39, 0.29) is 5.54 Å². The Labute approximate surface area is 108 Å². The van der Waals surface area contributed by atoms with Crippen molar-refractivity contribution in [1.29, 1.82) is 0 Å². The highest BCUT2D eigenvalue weighted by Crippen LogP contribution is 2.35. The van der Waals surface area contributed by atoms with Crippen molar-refractivity contribution in [3.8, 4) is 5.75 Å². The van der Waals surface area contributed by atoms with Gasteiger partial charge in [0.15, 0.2) is 0 Å². The Morgan fingerprint density at radius 3 is 2.44 bits per heavy atom. The van der Waals surface area contributed by atoms with Crippen molar-refractivity contribution in [2.24, 2.45) is 5.73 Å². The van der Waals surface area contributed by atoms with Crippen LogP contribution >= 0.6 is 0 Å². The number of hydrogen-bond donors (Lipinski definition) is 1. The lowest BCUT2D eigenvalue weighted by atomic mass is 10.1. The largest absolute Gasteiger partial charge is 0.490 e. The molecule has 3 rings (SSSR count). The second-order valence-corrected chi connectivity index (χ2v) is 5.61. The zero-order valence-electron chi connectivity index (χ0n) is 10.7. The molecular formula is C15H21NO2. The minimum Gasteiger partial charge on any atom is -0.490 e. The third-order valence-electron chi connectivity index (χ3n) is 3.84. The van der Waals surface area contributed by atoms with Gasteiger partial charge in [0, 0.05) is 18.4 Å². The summed E-state index contributed by atoms with van der Waals surface area (Å²) in [5, 5.41) is 0. The molecule has 3 heteroatoms. The zero-order chi connectivity index (χ0) is 12.4. The summed E-state index contributed by atoms with van der Waals surface area (Å²) < 4.78 is 11.3. The van der Waals surface area contributed by atoms with E-state index < -0.39 is 0 Å². The van der Waals surface area contributed by atoms with Crippen LogP contribution < -0.4 is 10.5 Å². The molecule has 1 aliphatic carbocycles. The van der Waals surface area contributed by atoms with Crippen molar-refractivity contribution in [3.05, 3.63) is 29.8 Å². The van der Waals surface area contributed by atoms with E-state index in [0.29, 0.717) is 6.10 Å². The maximum atomic E-state index is 6.12. The molecule has 2 aliphatic rings. The number of ether oxygens (including phenoxy) is 2. The summed E-state index contributed by atoms with van der Waals surface area (Å²) in [7, 11) is 0. The minimum atomic E-state index is 0.0864. The van der Waals surface area contributed by atoms with Crippen LogP contribution in [0.5, 0.6) is 5.75 Å². The van der Waals surface area contributed by atoms with Gasteiger partial charge in [-0.15, -0.1) is 0 Å². The molecule has 2 fully saturated rings. The molecule has 1 aromatic carbocycles. The molecular weight excluding hydrogens is 226 g/mol. The van der Waals surface area contributed by atoms with Gasteiger partial charge >= 0.3 is 0 Å². The van der Waals surface area contributed by atoms with Gasteiger partial charge in [0.2, 0.25) is 0 Å². The first-order valence-electron chi connectivity index (χ1n) is 6.86. The molecule has 0 aromatic heterocycles. The zero-order valence-corrected chi connectivity index (χ0v) is 10.7. The molecule has 1 heterocycles. The molecule has 1 aliphatic heterocycles. The van der Waals surface area contributed by atoms with E-state index in [2.05, 4.69) is 24.3 Å². The lowest BCUT2D eigenvalue weighted by Crippen LogP contribution is -2.26. The summed E-state index contributed by atoms with van der Waals surface area (Å²) in [5.74, 6) is 0.965. The lowest BCUT2D eigenvalue weighted by molar-refractivity contribution is 0.0255. The maximum Gasteiger partial charge on any atom is 0.119 e. The number of rotatable bonds is 4. The molecule has 0 radical (unpaired) electrons. The smallest absolute Gasteiger partial charge is 0.119 e. The van der Waals surface area contributed by atoms with Gasteiger partial charge in [-0.1, -0.05) is 12.1 Å². The van der Waals surface area contributed by atoms with Crippen LogP contribution in [-0.2, 0) is 11.2 Å². The topological polar surface area (TPSA) is 44.5 Å². The Bertz CT molecular complexity index is 391.